The first-order chi connectivity index (χ1) is 9.72. The van der Waals surface area contributed by atoms with Crippen LogP contribution in [0.4, 0.5) is 0 Å². The van der Waals surface area contributed by atoms with Gasteiger partial charge in [-0.25, -0.2) is 0 Å². The van der Waals surface area contributed by atoms with Crippen molar-refractivity contribution in [1.82, 2.24) is 15.1 Å². The summed E-state index contributed by atoms with van der Waals surface area (Å²) in [7, 11) is 1.98. The van der Waals surface area contributed by atoms with Gasteiger partial charge >= 0.3 is 0 Å². The molecule has 0 saturated heterocycles. The Labute approximate surface area is 122 Å². The third-order valence-electron chi connectivity index (χ3n) is 4.35. The van der Waals surface area contributed by atoms with Crippen molar-refractivity contribution in [2.75, 3.05) is 13.2 Å². The van der Waals surface area contributed by atoms with Crippen molar-refractivity contribution in [3.05, 3.63) is 18.0 Å². The first kappa shape index (κ1) is 15.5. The van der Waals surface area contributed by atoms with Crippen LogP contribution < -0.4 is 5.32 Å². The first-order valence-corrected chi connectivity index (χ1v) is 8.08. The second kappa shape index (κ2) is 7.23. The summed E-state index contributed by atoms with van der Waals surface area (Å²) in [5.41, 5.74) is 1.03. The van der Waals surface area contributed by atoms with Crippen LogP contribution >= 0.6 is 0 Å². The number of aryl methyl sites for hydroxylation is 1. The molecule has 1 saturated carbocycles. The summed E-state index contributed by atoms with van der Waals surface area (Å²) < 4.78 is 8.20. The van der Waals surface area contributed by atoms with Crippen LogP contribution in [0, 0.1) is 0 Å². The molecular formula is C16H29N3O. The van der Waals surface area contributed by atoms with Crippen LogP contribution in [0.5, 0.6) is 0 Å². The van der Waals surface area contributed by atoms with E-state index in [9.17, 15) is 0 Å². The van der Waals surface area contributed by atoms with Gasteiger partial charge in [-0.2, -0.15) is 5.10 Å². The molecule has 4 nitrogen and oxygen atoms in total. The molecule has 2 rings (SSSR count). The lowest BCUT2D eigenvalue weighted by atomic mass is 9.84. The Balaban J connectivity index is 2.30. The lowest BCUT2D eigenvalue weighted by molar-refractivity contribution is -0.0788. The fourth-order valence-electron chi connectivity index (χ4n) is 3.48. The van der Waals surface area contributed by atoms with Crippen LogP contribution in [0.25, 0.3) is 0 Å². The van der Waals surface area contributed by atoms with Gasteiger partial charge in [0.15, 0.2) is 0 Å². The van der Waals surface area contributed by atoms with E-state index in [1.807, 2.05) is 17.9 Å². The number of nitrogens with zero attached hydrogens (tertiary/aromatic N) is 2. The highest BCUT2D eigenvalue weighted by Gasteiger charge is 2.41. The molecule has 4 heteroatoms. The van der Waals surface area contributed by atoms with E-state index in [0.717, 1.165) is 31.7 Å². The number of rotatable bonds is 6. The monoisotopic (exact) mass is 279 g/mol. The zero-order valence-corrected chi connectivity index (χ0v) is 13.2. The van der Waals surface area contributed by atoms with Gasteiger partial charge in [-0.3, -0.25) is 4.68 Å². The molecule has 1 heterocycles. The molecule has 1 fully saturated rings. The normalized spacial score (nSPS) is 20.6. The summed E-state index contributed by atoms with van der Waals surface area (Å²) in [6.45, 7) is 5.98. The zero-order valence-electron chi connectivity index (χ0n) is 13.2. The van der Waals surface area contributed by atoms with Crippen LogP contribution in [0.15, 0.2) is 12.3 Å². The van der Waals surface area contributed by atoms with Gasteiger partial charge in [0, 0.05) is 19.9 Å². The van der Waals surface area contributed by atoms with Crippen molar-refractivity contribution in [3.63, 3.8) is 0 Å². The average molecular weight is 279 g/mol. The third kappa shape index (κ3) is 3.41. The molecule has 0 bridgehead atoms. The minimum Gasteiger partial charge on any atom is -0.373 e. The molecule has 1 aromatic rings. The fourth-order valence-corrected chi connectivity index (χ4v) is 3.48. The maximum absolute atomic E-state index is 6.32. The highest BCUT2D eigenvalue weighted by Crippen LogP contribution is 2.40. The van der Waals surface area contributed by atoms with E-state index in [4.69, 9.17) is 4.74 Å². The Morgan fingerprint density at radius 3 is 2.50 bits per heavy atom. The lowest BCUT2D eigenvalue weighted by Crippen LogP contribution is -2.46. The largest absolute Gasteiger partial charge is 0.373 e. The summed E-state index contributed by atoms with van der Waals surface area (Å²) >= 11 is 0. The van der Waals surface area contributed by atoms with Crippen molar-refractivity contribution in [3.8, 4) is 0 Å². The first-order valence-electron chi connectivity index (χ1n) is 8.08. The van der Waals surface area contributed by atoms with Gasteiger partial charge < -0.3 is 10.1 Å². The number of nitrogens with one attached hydrogen (secondary N) is 1. The number of aromatic nitrogens is 2. The molecule has 114 valence electrons. The second-order valence-corrected chi connectivity index (χ2v) is 5.82. The fraction of sp³-hybridized carbons (Fsp3) is 0.812. The van der Waals surface area contributed by atoms with E-state index in [1.54, 1.807) is 0 Å². The van der Waals surface area contributed by atoms with Crippen molar-refractivity contribution in [2.45, 2.75) is 64.0 Å². The molecule has 1 atom stereocenters. The molecule has 0 amide bonds. The van der Waals surface area contributed by atoms with Gasteiger partial charge in [0.2, 0.25) is 0 Å². The van der Waals surface area contributed by atoms with Crippen molar-refractivity contribution < 1.29 is 4.74 Å². The SMILES string of the molecule is CCNC(c1ccn(C)n1)C1(OCC)CCCCCC1. The van der Waals surface area contributed by atoms with E-state index >= 15 is 0 Å². The molecule has 0 aromatic carbocycles. The Kier molecular flexibility index (Phi) is 5.61. The number of hydrogen-bond donors (Lipinski definition) is 1. The molecule has 1 aromatic heterocycles. The molecular weight excluding hydrogens is 250 g/mol. The molecule has 0 radical (unpaired) electrons. The van der Waals surface area contributed by atoms with Crippen LogP contribution in [-0.4, -0.2) is 28.5 Å². The van der Waals surface area contributed by atoms with Crippen molar-refractivity contribution in [1.29, 1.82) is 0 Å². The standard InChI is InChI=1S/C16H29N3O/c1-4-17-15(14-10-13-19(3)18-14)16(20-5-2)11-8-6-7-9-12-16/h10,13,15,17H,4-9,11-12H2,1-3H3. The van der Waals surface area contributed by atoms with Crippen LogP contribution in [0.1, 0.15) is 64.1 Å². The second-order valence-electron chi connectivity index (χ2n) is 5.82. The van der Waals surface area contributed by atoms with Crippen LogP contribution in [0.3, 0.4) is 0 Å². The van der Waals surface area contributed by atoms with Gasteiger partial charge in [-0.05, 0) is 32.4 Å². The Morgan fingerprint density at radius 2 is 2.00 bits per heavy atom. The van der Waals surface area contributed by atoms with E-state index in [2.05, 4.69) is 30.3 Å². The van der Waals surface area contributed by atoms with Gasteiger partial charge in [0.25, 0.3) is 0 Å². The van der Waals surface area contributed by atoms with Crippen LogP contribution in [0.2, 0.25) is 0 Å². The van der Waals surface area contributed by atoms with Gasteiger partial charge in [0.1, 0.15) is 0 Å². The number of ether oxygens (including phenoxy) is 1. The molecule has 1 aliphatic carbocycles. The smallest absolute Gasteiger partial charge is 0.0892 e. The Morgan fingerprint density at radius 1 is 1.30 bits per heavy atom. The predicted molar refractivity (Wildman–Crippen MR) is 81.7 cm³/mol. The minimum absolute atomic E-state index is 0.0877. The molecule has 1 aliphatic rings. The third-order valence-corrected chi connectivity index (χ3v) is 4.35. The summed E-state index contributed by atoms with van der Waals surface area (Å²) in [6, 6.07) is 2.32. The minimum atomic E-state index is -0.0877. The number of hydrogen-bond acceptors (Lipinski definition) is 3. The van der Waals surface area contributed by atoms with E-state index < -0.39 is 0 Å². The van der Waals surface area contributed by atoms with Gasteiger partial charge in [0.05, 0.1) is 17.3 Å². The van der Waals surface area contributed by atoms with Gasteiger partial charge in [-0.1, -0.05) is 32.6 Å². The highest BCUT2D eigenvalue weighted by atomic mass is 16.5. The van der Waals surface area contributed by atoms with E-state index in [-0.39, 0.29) is 11.6 Å². The topological polar surface area (TPSA) is 39.1 Å². The molecule has 20 heavy (non-hydrogen) atoms. The zero-order chi connectivity index (χ0) is 14.4. The maximum Gasteiger partial charge on any atom is 0.0892 e. The average Bonchev–Trinajstić information content (AvgIpc) is 2.72. The molecule has 1 unspecified atom stereocenters. The predicted octanol–water partition coefficient (Wildman–Crippen LogP) is 3.20. The van der Waals surface area contributed by atoms with Gasteiger partial charge in [-0.15, -0.1) is 0 Å². The number of likely N-dealkylation sites (N-methyl/N-ethyl adjacent to an activating group) is 1. The maximum atomic E-state index is 6.32. The summed E-state index contributed by atoms with van der Waals surface area (Å²) in [6.07, 6.45) is 9.47. The molecule has 0 aliphatic heterocycles. The molecule has 0 spiro atoms. The lowest BCUT2D eigenvalue weighted by Gasteiger charge is -2.40. The Hall–Kier alpha value is -0.870. The quantitative estimate of drug-likeness (QED) is 0.813. The summed E-state index contributed by atoms with van der Waals surface area (Å²) in [4.78, 5) is 0. The Bertz CT molecular complexity index is 394. The van der Waals surface area contributed by atoms with E-state index in [0.29, 0.717) is 0 Å². The summed E-state index contributed by atoms with van der Waals surface area (Å²) in [5, 5.41) is 8.27. The van der Waals surface area contributed by atoms with E-state index in [1.165, 1.54) is 25.7 Å². The van der Waals surface area contributed by atoms with Crippen molar-refractivity contribution in [2.24, 2.45) is 7.05 Å². The van der Waals surface area contributed by atoms with Crippen LogP contribution in [-0.2, 0) is 11.8 Å². The highest BCUT2D eigenvalue weighted by molar-refractivity contribution is 5.13. The van der Waals surface area contributed by atoms with Crippen molar-refractivity contribution >= 4 is 0 Å². The summed E-state index contributed by atoms with van der Waals surface area (Å²) in [5.74, 6) is 0. The molecule has 1 N–H and O–H groups in total.